The first-order valence-corrected chi connectivity index (χ1v) is 24.2. The molecule has 1 aromatic heterocycles. The van der Waals surface area contributed by atoms with Gasteiger partial charge in [0.05, 0.1) is 35.8 Å². The van der Waals surface area contributed by atoms with Crippen LogP contribution < -0.4 is 19.9 Å². The minimum Gasteiger partial charge on any atom is -0.494 e. The molecule has 3 aliphatic rings. The molecule has 2 amide bonds. The normalized spacial score (nSPS) is 23.0. The summed E-state index contributed by atoms with van der Waals surface area (Å²) in [6.07, 6.45) is 9.89. The molecule has 6 rings (SSSR count). The number of hydrogen-bond acceptors (Lipinski definition) is 9. The van der Waals surface area contributed by atoms with Crippen LogP contribution >= 0.6 is 0 Å². The zero-order valence-corrected chi connectivity index (χ0v) is 36.8. The fraction of sp³-hybridized carbons (Fsp3) is 0.556. The molecule has 5 atom stereocenters. The highest BCUT2D eigenvalue weighted by molar-refractivity contribution is 6.72. The van der Waals surface area contributed by atoms with E-state index in [4.69, 9.17) is 9.47 Å². The predicted molar refractivity (Wildman–Crippen MR) is 231 cm³/mol. The number of unbranched alkanes of at least 4 members (excludes halogenated alkanes) is 1. The Morgan fingerprint density at radius 1 is 1.08 bits per heavy atom. The Kier molecular flexibility index (Phi) is 14.3. The van der Waals surface area contributed by atoms with Gasteiger partial charge in [0.2, 0.25) is 14.3 Å². The summed E-state index contributed by atoms with van der Waals surface area (Å²) in [5, 5.41) is 30.6. The summed E-state index contributed by atoms with van der Waals surface area (Å²) in [6, 6.07) is 11.0. The van der Waals surface area contributed by atoms with Gasteiger partial charge >= 0.3 is 0 Å². The van der Waals surface area contributed by atoms with Crippen molar-refractivity contribution < 1.29 is 33.4 Å². The second kappa shape index (κ2) is 19.0. The van der Waals surface area contributed by atoms with Crippen LogP contribution in [0.15, 0.2) is 65.9 Å². The number of ether oxygens (including phenoxy) is 2. The molecule has 320 valence electrons. The number of nitrogens with zero attached hydrogens (tertiary/aromatic N) is 5. The number of aliphatic hydroxyl groups excluding tert-OH is 2. The lowest BCUT2D eigenvalue weighted by atomic mass is 9.82. The van der Waals surface area contributed by atoms with Crippen molar-refractivity contribution in [2.75, 3.05) is 42.7 Å². The van der Waals surface area contributed by atoms with Crippen LogP contribution in [0.1, 0.15) is 83.5 Å². The number of anilines is 3. The molecule has 3 aliphatic heterocycles. The number of aromatic nitrogens is 3. The van der Waals surface area contributed by atoms with Crippen molar-refractivity contribution in [2.24, 2.45) is 5.92 Å². The van der Waals surface area contributed by atoms with Gasteiger partial charge in [-0.2, -0.15) is 0 Å². The van der Waals surface area contributed by atoms with Crippen LogP contribution in [0, 0.1) is 5.92 Å². The molecule has 0 bridgehead atoms. The molecule has 2 aromatic carbocycles. The maximum absolute atomic E-state index is 16.7. The van der Waals surface area contributed by atoms with E-state index in [1.807, 2.05) is 50.2 Å². The first kappa shape index (κ1) is 44.3. The third-order valence-corrected chi connectivity index (χ3v) is 14.5. The number of fused-ring (bicyclic) bond motifs is 3. The number of rotatable bonds is 19. The molecular weight excluding hydrogens is 768 g/mol. The van der Waals surface area contributed by atoms with E-state index in [-0.39, 0.29) is 25.0 Å². The molecular formula is C45H63FN6O6Si. The number of aliphatic hydroxyl groups is 2. The second-order valence-electron chi connectivity index (χ2n) is 17.0. The number of halogens is 1. The molecule has 3 N–H and O–H groups in total. The SMILES string of the molecule is CCOc1ccc2c(c1)CC(NCCCCO)C(=O)N2c1ccc2c(c1)[C@@]1(O[C@H](CCn3cc(CCO)nn3)[C@@H]([Si](C)(C)F)[C@@H]1C)C(=O)N2C/C=C(\C)CCC=C(C)C. The Morgan fingerprint density at radius 2 is 1.86 bits per heavy atom. The van der Waals surface area contributed by atoms with E-state index in [9.17, 15) is 15.0 Å². The van der Waals surface area contributed by atoms with Crippen molar-refractivity contribution in [3.05, 3.63) is 82.7 Å². The first-order chi connectivity index (χ1) is 28.2. The van der Waals surface area contributed by atoms with Crippen molar-refractivity contribution in [1.29, 1.82) is 0 Å². The summed E-state index contributed by atoms with van der Waals surface area (Å²) in [7, 11) is -3.46. The highest BCUT2D eigenvalue weighted by Crippen LogP contribution is 2.61. The van der Waals surface area contributed by atoms with Crippen LogP contribution in [0.4, 0.5) is 21.2 Å². The second-order valence-corrected chi connectivity index (χ2v) is 20.8. The number of carbonyl (C=O) groups excluding carboxylic acids is 2. The van der Waals surface area contributed by atoms with E-state index in [0.29, 0.717) is 74.6 Å². The number of nitrogens with one attached hydrogen (secondary N) is 1. The fourth-order valence-electron chi connectivity index (χ4n) is 9.22. The van der Waals surface area contributed by atoms with E-state index in [2.05, 4.69) is 48.6 Å². The molecule has 59 heavy (non-hydrogen) atoms. The number of amides is 2. The van der Waals surface area contributed by atoms with Gasteiger partial charge in [0, 0.05) is 61.6 Å². The molecule has 1 unspecified atom stereocenters. The highest BCUT2D eigenvalue weighted by Gasteiger charge is 2.66. The molecule has 0 radical (unpaired) electrons. The average Bonchev–Trinajstić information content (AvgIpc) is 3.84. The molecule has 1 saturated heterocycles. The smallest absolute Gasteiger partial charge is 0.264 e. The fourth-order valence-corrected chi connectivity index (χ4v) is 11.8. The lowest BCUT2D eigenvalue weighted by Crippen LogP contribution is -2.49. The van der Waals surface area contributed by atoms with Gasteiger partial charge in [-0.1, -0.05) is 35.4 Å². The largest absolute Gasteiger partial charge is 0.494 e. The van der Waals surface area contributed by atoms with Gasteiger partial charge in [-0.25, -0.2) is 0 Å². The monoisotopic (exact) mass is 830 g/mol. The predicted octanol–water partition coefficient (Wildman–Crippen LogP) is 7.07. The number of allylic oxidation sites excluding steroid dienone is 3. The van der Waals surface area contributed by atoms with Gasteiger partial charge in [-0.05, 0) is 128 Å². The summed E-state index contributed by atoms with van der Waals surface area (Å²) in [5.41, 5.74) is 4.68. The van der Waals surface area contributed by atoms with E-state index in [1.54, 1.807) is 33.8 Å². The van der Waals surface area contributed by atoms with Crippen molar-refractivity contribution in [3.8, 4) is 5.75 Å². The minimum atomic E-state index is -3.46. The lowest BCUT2D eigenvalue weighted by molar-refractivity contribution is -0.145. The van der Waals surface area contributed by atoms with Gasteiger partial charge in [-0.15, -0.1) is 5.10 Å². The summed E-state index contributed by atoms with van der Waals surface area (Å²) in [4.78, 5) is 33.3. The molecule has 1 spiro atoms. The molecule has 1 fully saturated rings. The van der Waals surface area contributed by atoms with E-state index < -0.39 is 37.6 Å². The van der Waals surface area contributed by atoms with Crippen molar-refractivity contribution in [1.82, 2.24) is 20.3 Å². The number of carbonyl (C=O) groups is 2. The number of benzene rings is 2. The molecule has 0 aliphatic carbocycles. The first-order valence-electron chi connectivity index (χ1n) is 21.3. The van der Waals surface area contributed by atoms with E-state index in [0.717, 1.165) is 41.8 Å². The maximum Gasteiger partial charge on any atom is 0.264 e. The van der Waals surface area contributed by atoms with Crippen molar-refractivity contribution in [3.63, 3.8) is 0 Å². The summed E-state index contributed by atoms with van der Waals surface area (Å²) < 4.78 is 31.4. The zero-order valence-electron chi connectivity index (χ0n) is 35.8. The Bertz CT molecular complexity index is 2030. The van der Waals surface area contributed by atoms with Crippen LogP contribution in [0.25, 0.3) is 0 Å². The molecule has 3 aromatic rings. The van der Waals surface area contributed by atoms with Gasteiger partial charge < -0.3 is 34.0 Å². The van der Waals surface area contributed by atoms with Gasteiger partial charge in [0.15, 0.2) is 5.60 Å². The summed E-state index contributed by atoms with van der Waals surface area (Å²) >= 11 is 0. The zero-order chi connectivity index (χ0) is 42.5. The highest BCUT2D eigenvalue weighted by atomic mass is 28.4. The molecule has 14 heteroatoms. The Labute approximate surface area is 349 Å². The van der Waals surface area contributed by atoms with Gasteiger partial charge in [0.1, 0.15) is 5.75 Å². The minimum absolute atomic E-state index is 0.0386. The maximum atomic E-state index is 16.7. The molecule has 4 heterocycles. The quantitative estimate of drug-likeness (QED) is 0.0501. The van der Waals surface area contributed by atoms with Crippen LogP contribution in [-0.4, -0.2) is 90.5 Å². The third kappa shape index (κ3) is 9.41. The Morgan fingerprint density at radius 3 is 2.58 bits per heavy atom. The average molecular weight is 831 g/mol. The van der Waals surface area contributed by atoms with Crippen molar-refractivity contribution >= 4 is 37.3 Å². The lowest BCUT2D eigenvalue weighted by Gasteiger charge is -2.36. The van der Waals surface area contributed by atoms with Crippen LogP contribution in [0.3, 0.4) is 0 Å². The number of hydrogen-bond donors (Lipinski definition) is 3. The van der Waals surface area contributed by atoms with Crippen molar-refractivity contribution in [2.45, 2.75) is 122 Å². The topological polar surface area (TPSA) is 142 Å². The Hall–Kier alpha value is -4.21. The number of aryl methyl sites for hydroxylation is 1. The molecule has 0 saturated carbocycles. The van der Waals surface area contributed by atoms with Crippen LogP contribution in [0.2, 0.25) is 18.6 Å². The van der Waals surface area contributed by atoms with Crippen LogP contribution in [0.5, 0.6) is 5.75 Å². The van der Waals surface area contributed by atoms with Crippen LogP contribution in [-0.2, 0) is 39.3 Å². The standard InChI is InChI=1S/C45H63FN6O6Si/c1-8-57-36-15-17-39-33(26-36)27-38(47-21-9-10-24-53)43(55)52(39)35-14-16-40-37(28-35)45(44(56)51(40)23-18-31(4)13-11-12-30(2)3)32(5)42(59(6,7)46)41(58-45)19-22-50-29-34(20-25-54)48-49-50/h12,14-18,26,28-29,32,38,41-42,47,53-54H,8-11,13,19-25,27H2,1-7H3/b31-18+/t32-,38?,41+,42-,45+/m0/s1. The summed E-state index contributed by atoms with van der Waals surface area (Å²) in [5.74, 6) is -0.153. The molecule has 12 nitrogen and oxygen atoms in total. The van der Waals surface area contributed by atoms with Gasteiger partial charge in [-0.3, -0.25) is 19.2 Å². The van der Waals surface area contributed by atoms with Gasteiger partial charge in [0.25, 0.3) is 5.91 Å². The third-order valence-electron chi connectivity index (χ3n) is 12.0. The summed E-state index contributed by atoms with van der Waals surface area (Å²) in [6.45, 7) is 15.4. The van der Waals surface area contributed by atoms with E-state index in [1.165, 1.54) is 5.57 Å². The van der Waals surface area contributed by atoms with E-state index >= 15 is 8.90 Å². The Balaban J connectivity index is 1.43.